The predicted molar refractivity (Wildman–Crippen MR) is 67.0 cm³/mol. The number of ether oxygens (including phenoxy) is 1. The van der Waals surface area contributed by atoms with Crippen molar-refractivity contribution < 1.29 is 23.0 Å². The van der Waals surface area contributed by atoms with Crippen molar-refractivity contribution in [3.05, 3.63) is 0 Å². The average molecular weight is 283 g/mol. The van der Waals surface area contributed by atoms with E-state index in [1.807, 2.05) is 6.92 Å². The van der Waals surface area contributed by atoms with Gasteiger partial charge in [-0.1, -0.05) is 6.92 Å². The number of nitrogens with one attached hydrogen (secondary N) is 1. The van der Waals surface area contributed by atoms with Gasteiger partial charge in [0.2, 0.25) is 0 Å². The Morgan fingerprint density at radius 2 is 2.16 bits per heavy atom. The third kappa shape index (κ3) is 6.10. The SMILES string of the molecule is CCNC1(CO)CCCC(OCCCC(F)(F)F)C1. The van der Waals surface area contributed by atoms with Gasteiger partial charge in [0.25, 0.3) is 0 Å². The van der Waals surface area contributed by atoms with Crippen molar-refractivity contribution in [2.24, 2.45) is 0 Å². The highest BCUT2D eigenvalue weighted by molar-refractivity contribution is 4.93. The number of halogens is 3. The van der Waals surface area contributed by atoms with Crippen LogP contribution in [-0.2, 0) is 4.74 Å². The minimum Gasteiger partial charge on any atom is -0.394 e. The summed E-state index contributed by atoms with van der Waals surface area (Å²) in [6.45, 7) is 2.92. The summed E-state index contributed by atoms with van der Waals surface area (Å²) in [4.78, 5) is 0. The Morgan fingerprint density at radius 3 is 2.74 bits per heavy atom. The van der Waals surface area contributed by atoms with E-state index in [-0.39, 0.29) is 31.3 Å². The molecule has 0 bridgehead atoms. The molecule has 1 saturated carbocycles. The van der Waals surface area contributed by atoms with Crippen molar-refractivity contribution in [2.75, 3.05) is 19.8 Å². The first kappa shape index (κ1) is 16.7. The van der Waals surface area contributed by atoms with E-state index in [4.69, 9.17) is 4.74 Å². The second-order valence-corrected chi connectivity index (χ2v) is 5.28. The molecule has 19 heavy (non-hydrogen) atoms. The van der Waals surface area contributed by atoms with Crippen LogP contribution in [0.2, 0.25) is 0 Å². The highest BCUT2D eigenvalue weighted by Crippen LogP contribution is 2.30. The molecular weight excluding hydrogens is 259 g/mol. The van der Waals surface area contributed by atoms with Crippen LogP contribution in [0, 0.1) is 0 Å². The Balaban J connectivity index is 2.30. The number of hydrogen-bond acceptors (Lipinski definition) is 3. The number of aliphatic hydroxyl groups excluding tert-OH is 1. The maximum Gasteiger partial charge on any atom is 0.389 e. The van der Waals surface area contributed by atoms with Crippen LogP contribution >= 0.6 is 0 Å². The minimum atomic E-state index is -4.10. The van der Waals surface area contributed by atoms with Crippen LogP contribution in [0.15, 0.2) is 0 Å². The molecule has 2 unspecified atom stereocenters. The lowest BCUT2D eigenvalue weighted by molar-refractivity contribution is -0.139. The quantitative estimate of drug-likeness (QED) is 0.706. The third-order valence-electron chi connectivity index (χ3n) is 3.61. The summed E-state index contributed by atoms with van der Waals surface area (Å²) in [5.41, 5.74) is -0.318. The van der Waals surface area contributed by atoms with Gasteiger partial charge in [-0.25, -0.2) is 0 Å². The Labute approximate surface area is 112 Å². The summed E-state index contributed by atoms with van der Waals surface area (Å²) in [6, 6.07) is 0. The van der Waals surface area contributed by atoms with Gasteiger partial charge in [0.15, 0.2) is 0 Å². The summed E-state index contributed by atoms with van der Waals surface area (Å²) in [5, 5.41) is 12.8. The normalized spacial score (nSPS) is 28.6. The fourth-order valence-corrected chi connectivity index (χ4v) is 2.71. The maximum absolute atomic E-state index is 12.0. The van der Waals surface area contributed by atoms with Gasteiger partial charge >= 0.3 is 6.18 Å². The average Bonchev–Trinajstić information content (AvgIpc) is 2.34. The van der Waals surface area contributed by atoms with E-state index in [1.54, 1.807) is 0 Å². The molecular formula is C13H24F3NO2. The summed E-state index contributed by atoms with van der Waals surface area (Å²) < 4.78 is 41.5. The first-order valence-corrected chi connectivity index (χ1v) is 6.95. The lowest BCUT2D eigenvalue weighted by Gasteiger charge is -2.40. The summed E-state index contributed by atoms with van der Waals surface area (Å²) >= 11 is 0. The van der Waals surface area contributed by atoms with Crippen LogP contribution in [0.5, 0.6) is 0 Å². The largest absolute Gasteiger partial charge is 0.394 e. The monoisotopic (exact) mass is 283 g/mol. The Hall–Kier alpha value is -0.330. The second-order valence-electron chi connectivity index (χ2n) is 5.28. The molecule has 0 aliphatic heterocycles. The molecule has 1 aliphatic carbocycles. The summed E-state index contributed by atoms with van der Waals surface area (Å²) in [7, 11) is 0. The van der Waals surface area contributed by atoms with Crippen LogP contribution < -0.4 is 5.32 Å². The van der Waals surface area contributed by atoms with Gasteiger partial charge in [0.05, 0.1) is 12.7 Å². The molecule has 114 valence electrons. The van der Waals surface area contributed by atoms with Gasteiger partial charge in [-0.15, -0.1) is 0 Å². The lowest BCUT2D eigenvalue weighted by atomic mass is 9.80. The molecule has 0 saturated heterocycles. The first-order chi connectivity index (χ1) is 8.91. The van der Waals surface area contributed by atoms with E-state index in [0.29, 0.717) is 6.42 Å². The number of alkyl halides is 3. The van der Waals surface area contributed by atoms with Crippen molar-refractivity contribution in [3.8, 4) is 0 Å². The Morgan fingerprint density at radius 1 is 1.42 bits per heavy atom. The number of likely N-dealkylation sites (N-methyl/N-ethyl adjacent to an activating group) is 1. The molecule has 0 radical (unpaired) electrons. The molecule has 2 N–H and O–H groups in total. The van der Waals surface area contributed by atoms with Crippen molar-refractivity contribution in [1.29, 1.82) is 0 Å². The molecule has 0 aromatic heterocycles. The van der Waals surface area contributed by atoms with E-state index in [0.717, 1.165) is 25.8 Å². The summed E-state index contributed by atoms with van der Waals surface area (Å²) in [6.07, 6.45) is -1.59. The molecule has 3 nitrogen and oxygen atoms in total. The van der Waals surface area contributed by atoms with E-state index >= 15 is 0 Å². The van der Waals surface area contributed by atoms with E-state index in [1.165, 1.54) is 0 Å². The molecule has 1 rings (SSSR count). The van der Waals surface area contributed by atoms with Gasteiger partial charge in [-0.2, -0.15) is 13.2 Å². The van der Waals surface area contributed by atoms with Crippen molar-refractivity contribution in [3.63, 3.8) is 0 Å². The van der Waals surface area contributed by atoms with Gasteiger partial charge in [-0.05, 0) is 38.6 Å². The summed E-state index contributed by atoms with van der Waals surface area (Å²) in [5.74, 6) is 0. The number of rotatable bonds is 7. The maximum atomic E-state index is 12.0. The van der Waals surface area contributed by atoms with Crippen LogP contribution in [0.1, 0.15) is 45.4 Å². The van der Waals surface area contributed by atoms with Crippen LogP contribution in [-0.4, -0.2) is 42.7 Å². The standard InChI is InChI=1S/C13H24F3NO2/c1-2-17-12(10-18)6-3-5-11(9-12)19-8-4-7-13(14,15)16/h11,17-18H,2-10H2,1H3. The Bertz CT molecular complexity index is 257. The molecule has 6 heteroatoms. The molecule has 1 aliphatic rings. The highest BCUT2D eigenvalue weighted by Gasteiger charge is 2.35. The van der Waals surface area contributed by atoms with Crippen LogP contribution in [0.3, 0.4) is 0 Å². The minimum absolute atomic E-state index is 0.00727. The molecule has 0 amide bonds. The Kier molecular flexibility index (Phi) is 6.56. The third-order valence-corrected chi connectivity index (χ3v) is 3.61. The molecule has 0 spiro atoms. The molecule has 2 atom stereocenters. The van der Waals surface area contributed by atoms with Crippen molar-refractivity contribution >= 4 is 0 Å². The molecule has 1 fully saturated rings. The zero-order valence-corrected chi connectivity index (χ0v) is 11.4. The smallest absolute Gasteiger partial charge is 0.389 e. The van der Waals surface area contributed by atoms with Crippen LogP contribution in [0.4, 0.5) is 13.2 Å². The molecule has 0 aromatic rings. The van der Waals surface area contributed by atoms with Gasteiger partial charge in [-0.3, -0.25) is 0 Å². The zero-order chi connectivity index (χ0) is 14.4. The molecule has 0 heterocycles. The molecule has 0 aromatic carbocycles. The highest BCUT2D eigenvalue weighted by atomic mass is 19.4. The lowest BCUT2D eigenvalue weighted by Crippen LogP contribution is -2.53. The van der Waals surface area contributed by atoms with Gasteiger partial charge < -0.3 is 15.2 Å². The van der Waals surface area contributed by atoms with Gasteiger partial charge in [0, 0.05) is 18.6 Å². The van der Waals surface area contributed by atoms with Crippen molar-refractivity contribution in [1.82, 2.24) is 5.32 Å². The number of hydrogen-bond donors (Lipinski definition) is 2. The second kappa shape index (κ2) is 7.45. The van der Waals surface area contributed by atoms with Crippen LogP contribution in [0.25, 0.3) is 0 Å². The fourth-order valence-electron chi connectivity index (χ4n) is 2.71. The topological polar surface area (TPSA) is 41.5 Å². The van der Waals surface area contributed by atoms with E-state index in [2.05, 4.69) is 5.32 Å². The number of aliphatic hydroxyl groups is 1. The zero-order valence-electron chi connectivity index (χ0n) is 11.4. The van der Waals surface area contributed by atoms with Gasteiger partial charge in [0.1, 0.15) is 0 Å². The van der Waals surface area contributed by atoms with E-state index < -0.39 is 12.6 Å². The fraction of sp³-hybridized carbons (Fsp3) is 1.00. The predicted octanol–water partition coefficient (Wildman–Crippen LogP) is 2.63. The first-order valence-electron chi connectivity index (χ1n) is 6.95. The van der Waals surface area contributed by atoms with Crippen molar-refractivity contribution in [2.45, 2.75) is 63.3 Å². The van der Waals surface area contributed by atoms with E-state index in [9.17, 15) is 18.3 Å².